The summed E-state index contributed by atoms with van der Waals surface area (Å²) in [5.74, 6) is -0.0387. The van der Waals surface area contributed by atoms with Crippen molar-refractivity contribution in [3.05, 3.63) is 143 Å². The molecule has 3 atom stereocenters. The fraction of sp³-hybridized carbons (Fsp3) is 0.316. The Bertz CT molecular complexity index is 1650. The topological polar surface area (TPSA) is 20.2 Å². The fourth-order valence-electron chi connectivity index (χ4n) is 6.62. The third-order valence-corrected chi connectivity index (χ3v) is 11.4. The van der Waals surface area contributed by atoms with Crippen LogP contribution < -0.4 is 0 Å². The van der Waals surface area contributed by atoms with Crippen molar-refractivity contribution >= 4 is 49.0 Å². The van der Waals surface area contributed by atoms with E-state index in [-0.39, 0.29) is 17.3 Å². The molecular formula is C38H39Br2ClO. The van der Waals surface area contributed by atoms with Gasteiger partial charge in [-0.15, -0.1) is 0 Å². The molecule has 0 amide bonds. The standard InChI is InChI=1S/C38H39Br2ClO/c1-22-23(2)25(4)36(40)34(24(22)3)30-21-38(42,31-13-9-11-15-33(31)41)20-29(28-12-8-10-14-32(28)39)35(30)26-16-18-27(19-17-26)37(5,6)7/h8-20,30,35,42H,21H2,1-7H3. The van der Waals surface area contributed by atoms with Crippen LogP contribution in [0.4, 0.5) is 0 Å². The Morgan fingerprint density at radius 3 is 2.00 bits per heavy atom. The minimum absolute atomic E-state index is 0.00279. The van der Waals surface area contributed by atoms with Crippen LogP contribution in [0, 0.1) is 27.7 Å². The summed E-state index contributed by atoms with van der Waals surface area (Å²) in [7, 11) is 0. The zero-order valence-electron chi connectivity index (χ0n) is 25.4. The molecule has 0 radical (unpaired) electrons. The second-order valence-corrected chi connectivity index (χ2v) is 14.9. The summed E-state index contributed by atoms with van der Waals surface area (Å²) in [6.45, 7) is 15.6. The van der Waals surface area contributed by atoms with E-state index in [2.05, 4.69) is 129 Å². The lowest BCUT2D eigenvalue weighted by molar-refractivity contribution is 0.0643. The van der Waals surface area contributed by atoms with Crippen LogP contribution in [-0.4, -0.2) is 5.11 Å². The van der Waals surface area contributed by atoms with Gasteiger partial charge in [-0.2, -0.15) is 0 Å². The Balaban J connectivity index is 1.87. The average Bonchev–Trinajstić information content (AvgIpc) is 2.95. The number of halogens is 3. The van der Waals surface area contributed by atoms with Gasteiger partial charge >= 0.3 is 0 Å². The monoisotopic (exact) mass is 704 g/mol. The highest BCUT2D eigenvalue weighted by atomic mass is 79.9. The predicted octanol–water partition coefficient (Wildman–Crippen LogP) is 11.6. The molecule has 0 fully saturated rings. The van der Waals surface area contributed by atoms with Crippen LogP contribution >= 0.6 is 43.5 Å². The largest absolute Gasteiger partial charge is 0.381 e. The van der Waals surface area contributed by atoms with E-state index in [0.29, 0.717) is 11.4 Å². The Morgan fingerprint density at radius 2 is 1.38 bits per heavy atom. The Labute approximate surface area is 273 Å². The predicted molar refractivity (Wildman–Crippen MR) is 186 cm³/mol. The fourth-order valence-corrected chi connectivity index (χ4v) is 8.33. The normalized spacial score (nSPS) is 20.9. The van der Waals surface area contributed by atoms with Crippen LogP contribution in [0.1, 0.15) is 89.1 Å². The molecule has 1 nitrogen and oxygen atoms in total. The van der Waals surface area contributed by atoms with Crippen LogP contribution in [0.15, 0.2) is 87.8 Å². The van der Waals surface area contributed by atoms with E-state index in [0.717, 1.165) is 25.6 Å². The molecular weight excluding hydrogens is 668 g/mol. The third-order valence-electron chi connectivity index (χ3n) is 9.35. The van der Waals surface area contributed by atoms with Crippen LogP contribution in [-0.2, 0) is 11.0 Å². The van der Waals surface area contributed by atoms with Gasteiger partial charge in [0.1, 0.15) is 5.60 Å². The molecule has 0 heterocycles. The lowest BCUT2D eigenvalue weighted by atomic mass is 9.63. The highest BCUT2D eigenvalue weighted by molar-refractivity contribution is 9.10. The Hall–Kier alpha value is -2.17. The first-order chi connectivity index (χ1) is 19.7. The van der Waals surface area contributed by atoms with E-state index in [1.54, 1.807) is 0 Å². The molecule has 5 rings (SSSR count). The minimum atomic E-state index is -1.27. The number of hydrogen-bond acceptors (Lipinski definition) is 1. The molecule has 1 N–H and O–H groups in total. The van der Waals surface area contributed by atoms with Crippen molar-refractivity contribution in [2.75, 3.05) is 0 Å². The molecule has 0 saturated heterocycles. The van der Waals surface area contributed by atoms with Gasteiger partial charge in [0.05, 0.1) is 0 Å². The Morgan fingerprint density at radius 1 is 0.786 bits per heavy atom. The van der Waals surface area contributed by atoms with Crippen molar-refractivity contribution in [2.45, 2.75) is 77.7 Å². The van der Waals surface area contributed by atoms with E-state index in [1.165, 1.54) is 38.9 Å². The second kappa shape index (κ2) is 11.7. The first-order valence-electron chi connectivity index (χ1n) is 14.6. The molecule has 0 spiro atoms. The van der Waals surface area contributed by atoms with Gasteiger partial charge in [0.15, 0.2) is 0 Å². The molecule has 4 heteroatoms. The molecule has 4 aromatic carbocycles. The first kappa shape index (κ1) is 31.3. The summed E-state index contributed by atoms with van der Waals surface area (Å²) in [6.07, 6.45) is 2.57. The van der Waals surface area contributed by atoms with E-state index in [1.807, 2.05) is 30.3 Å². The molecule has 42 heavy (non-hydrogen) atoms. The summed E-state index contributed by atoms with van der Waals surface area (Å²) in [5, 5.41) is 13.2. The van der Waals surface area contributed by atoms with Crippen molar-refractivity contribution in [2.24, 2.45) is 0 Å². The SMILES string of the molecule is Cc1c(C)c(C)c(C2CC(O)(c3ccccc3Cl)C=C(c3ccccc3Br)C2c2ccc(C(C)(C)C)cc2)c(Br)c1C. The van der Waals surface area contributed by atoms with Gasteiger partial charge in [0, 0.05) is 25.4 Å². The highest BCUT2D eigenvalue weighted by Crippen LogP contribution is 2.57. The summed E-state index contributed by atoms with van der Waals surface area (Å²) in [5.41, 5.74) is 10.6. The van der Waals surface area contributed by atoms with Crippen LogP contribution in [0.3, 0.4) is 0 Å². The number of benzene rings is 4. The van der Waals surface area contributed by atoms with Crippen LogP contribution in [0.25, 0.3) is 5.57 Å². The van der Waals surface area contributed by atoms with Crippen molar-refractivity contribution in [1.29, 1.82) is 0 Å². The zero-order valence-corrected chi connectivity index (χ0v) is 29.4. The Kier molecular flexibility index (Phi) is 8.73. The van der Waals surface area contributed by atoms with Gasteiger partial charge in [-0.05, 0) is 114 Å². The lowest BCUT2D eigenvalue weighted by Crippen LogP contribution is -2.34. The smallest absolute Gasteiger partial charge is 0.110 e. The number of hydrogen-bond donors (Lipinski definition) is 1. The molecule has 0 bridgehead atoms. The van der Waals surface area contributed by atoms with Gasteiger partial charge < -0.3 is 5.11 Å². The van der Waals surface area contributed by atoms with E-state index in [4.69, 9.17) is 11.6 Å². The number of aliphatic hydroxyl groups is 1. The van der Waals surface area contributed by atoms with Crippen molar-refractivity contribution in [3.8, 4) is 0 Å². The molecule has 0 aromatic heterocycles. The van der Waals surface area contributed by atoms with Crippen LogP contribution in [0.2, 0.25) is 5.02 Å². The minimum Gasteiger partial charge on any atom is -0.381 e. The first-order valence-corrected chi connectivity index (χ1v) is 16.5. The van der Waals surface area contributed by atoms with E-state index >= 15 is 0 Å². The molecule has 0 saturated carbocycles. The summed E-state index contributed by atoms with van der Waals surface area (Å²) in [6, 6.07) is 25.2. The van der Waals surface area contributed by atoms with Gasteiger partial charge in [-0.1, -0.05) is 125 Å². The maximum Gasteiger partial charge on any atom is 0.110 e. The quantitative estimate of drug-likeness (QED) is 0.224. The third kappa shape index (κ3) is 5.59. The summed E-state index contributed by atoms with van der Waals surface area (Å²) < 4.78 is 2.13. The van der Waals surface area contributed by atoms with Gasteiger partial charge in [-0.3, -0.25) is 0 Å². The average molecular weight is 707 g/mol. The zero-order chi connectivity index (χ0) is 30.6. The molecule has 4 aromatic rings. The molecule has 1 aliphatic rings. The molecule has 3 unspecified atom stereocenters. The number of rotatable bonds is 4. The van der Waals surface area contributed by atoms with Crippen molar-refractivity contribution in [1.82, 2.24) is 0 Å². The summed E-state index contributed by atoms with van der Waals surface area (Å²) in [4.78, 5) is 0. The van der Waals surface area contributed by atoms with E-state index in [9.17, 15) is 5.11 Å². The molecule has 218 valence electrons. The number of allylic oxidation sites excluding steroid dienone is 1. The molecule has 1 aliphatic carbocycles. The van der Waals surface area contributed by atoms with E-state index < -0.39 is 5.60 Å². The highest BCUT2D eigenvalue weighted by Gasteiger charge is 2.45. The molecule has 0 aliphatic heterocycles. The summed E-state index contributed by atoms with van der Waals surface area (Å²) >= 11 is 14.7. The van der Waals surface area contributed by atoms with Gasteiger partial charge in [0.2, 0.25) is 0 Å². The lowest BCUT2D eigenvalue weighted by Gasteiger charge is -2.43. The van der Waals surface area contributed by atoms with Crippen LogP contribution in [0.5, 0.6) is 0 Å². The second-order valence-electron chi connectivity index (χ2n) is 12.9. The maximum atomic E-state index is 12.7. The van der Waals surface area contributed by atoms with Crippen molar-refractivity contribution in [3.63, 3.8) is 0 Å². The van der Waals surface area contributed by atoms with Crippen molar-refractivity contribution < 1.29 is 5.11 Å². The maximum absolute atomic E-state index is 12.7. The van der Waals surface area contributed by atoms with Gasteiger partial charge in [-0.25, -0.2) is 0 Å². The van der Waals surface area contributed by atoms with Gasteiger partial charge in [0.25, 0.3) is 0 Å².